The lowest BCUT2D eigenvalue weighted by molar-refractivity contribution is 0.407. The van der Waals surface area contributed by atoms with E-state index in [1.807, 2.05) is 0 Å². The van der Waals surface area contributed by atoms with E-state index in [-0.39, 0.29) is 0 Å². The smallest absolute Gasteiger partial charge is 0.134 e. The number of hydrogen-bond acceptors (Lipinski definition) is 7. The van der Waals surface area contributed by atoms with Gasteiger partial charge in [-0.1, -0.05) is 61.7 Å². The third-order valence-corrected chi connectivity index (χ3v) is 4.41. The molecule has 1 saturated heterocycles. The van der Waals surface area contributed by atoms with Gasteiger partial charge in [0, 0.05) is 11.4 Å². The molecule has 0 aliphatic carbocycles. The molecular weight excluding hydrogens is 304 g/mol. The Morgan fingerprint density at radius 2 is 1.50 bits per heavy atom. The zero-order chi connectivity index (χ0) is 13.4. The van der Waals surface area contributed by atoms with Gasteiger partial charge in [0.25, 0.3) is 0 Å². The fourth-order valence-corrected chi connectivity index (χ4v) is 2.35. The van der Waals surface area contributed by atoms with E-state index >= 15 is 0 Å². The molecule has 0 saturated carbocycles. The zero-order valence-electron chi connectivity index (χ0n) is 9.88. The quantitative estimate of drug-likeness (QED) is 0.501. The molecule has 18 heavy (non-hydrogen) atoms. The van der Waals surface area contributed by atoms with Crippen LogP contribution in [0.4, 0.5) is 0 Å². The summed E-state index contributed by atoms with van der Waals surface area (Å²) < 4.78 is 0. The molecule has 0 aromatic carbocycles. The van der Waals surface area contributed by atoms with E-state index in [2.05, 4.69) is 21.9 Å². The molecule has 0 amide bonds. The molecule has 4 nitrogen and oxygen atoms in total. The van der Waals surface area contributed by atoms with Crippen molar-refractivity contribution in [1.82, 2.24) is 21.9 Å². The highest BCUT2D eigenvalue weighted by molar-refractivity contribution is 7.98. The lowest BCUT2D eigenvalue weighted by Crippen LogP contribution is -2.54. The molecule has 1 aliphatic heterocycles. The molecule has 0 spiro atoms. The monoisotopic (exact) mass is 320 g/mol. The average molecular weight is 321 g/mol. The summed E-state index contributed by atoms with van der Waals surface area (Å²) in [4.78, 5) is 2.06. The van der Waals surface area contributed by atoms with Crippen molar-refractivity contribution in [2.75, 3.05) is 6.54 Å². The van der Waals surface area contributed by atoms with Gasteiger partial charge in [0.15, 0.2) is 0 Å². The van der Waals surface area contributed by atoms with Crippen LogP contribution in [0.15, 0.2) is 0 Å². The number of hydrazine groups is 3. The fraction of sp³-hybridized carbons (Fsp3) is 0.600. The highest BCUT2D eigenvalue weighted by atomic mass is 32.1. The Morgan fingerprint density at radius 1 is 0.778 bits per heavy atom. The molecule has 0 aromatic rings. The van der Waals surface area contributed by atoms with Crippen LogP contribution in [-0.4, -0.2) is 26.1 Å². The van der Waals surface area contributed by atoms with Crippen molar-refractivity contribution < 1.29 is 0 Å². The largest absolute Gasteiger partial charge is 0.296 e. The maximum Gasteiger partial charge on any atom is 0.134 e. The minimum atomic E-state index is 0.378. The van der Waals surface area contributed by atoms with Crippen molar-refractivity contribution in [3.8, 4) is 0 Å². The van der Waals surface area contributed by atoms with E-state index in [9.17, 15) is 0 Å². The Balaban J connectivity index is 2.56. The second kappa shape index (κ2) is 9.03. The average Bonchev–Trinajstić information content (AvgIpc) is 2.37. The summed E-state index contributed by atoms with van der Waals surface area (Å²) in [6, 6.07) is 0. The van der Waals surface area contributed by atoms with Crippen molar-refractivity contribution >= 4 is 68.5 Å². The molecule has 0 atom stereocenters. The first-order valence-electron chi connectivity index (χ1n) is 5.77. The predicted octanol–water partition coefficient (Wildman–Crippen LogP) is 1.49. The van der Waals surface area contributed by atoms with Crippen LogP contribution in [0.5, 0.6) is 0 Å². The van der Waals surface area contributed by atoms with Crippen molar-refractivity contribution in [2.45, 2.75) is 32.1 Å². The van der Waals surface area contributed by atoms with Crippen LogP contribution in [0.25, 0.3) is 0 Å². The Labute approximate surface area is 129 Å². The molecule has 1 aliphatic rings. The van der Waals surface area contributed by atoms with E-state index in [1.165, 1.54) is 6.42 Å². The molecule has 0 unspecified atom stereocenters. The van der Waals surface area contributed by atoms with Gasteiger partial charge in [-0.05, 0) is 19.3 Å². The number of rotatable bonds is 0. The van der Waals surface area contributed by atoms with Crippen LogP contribution >= 0.6 is 48.9 Å². The summed E-state index contributed by atoms with van der Waals surface area (Å²) in [7, 11) is 0. The number of hydrogen-bond donors (Lipinski definition) is 4. The first-order valence-corrected chi connectivity index (χ1v) is 7.41. The molecular formula is C10H16N4S4. The first-order chi connectivity index (χ1) is 8.63. The second-order valence-corrected chi connectivity index (χ2v) is 5.59. The van der Waals surface area contributed by atoms with Gasteiger partial charge < -0.3 is 0 Å². The van der Waals surface area contributed by atoms with Crippen molar-refractivity contribution in [1.29, 1.82) is 0 Å². The van der Waals surface area contributed by atoms with Crippen LogP contribution in [-0.2, 0) is 0 Å². The minimum Gasteiger partial charge on any atom is -0.296 e. The van der Waals surface area contributed by atoms with Gasteiger partial charge in [0.2, 0.25) is 0 Å². The summed E-state index contributed by atoms with van der Waals surface area (Å²) in [6.45, 7) is 0.884. The molecule has 8 heteroatoms. The van der Waals surface area contributed by atoms with E-state index < -0.39 is 0 Å². The maximum absolute atomic E-state index is 5.28. The lowest BCUT2D eigenvalue weighted by Gasteiger charge is -2.14. The van der Waals surface area contributed by atoms with Crippen molar-refractivity contribution in [3.05, 3.63) is 0 Å². The highest BCUT2D eigenvalue weighted by Gasteiger charge is 2.14. The Hall–Kier alpha value is 0.0400. The summed E-state index contributed by atoms with van der Waals surface area (Å²) in [6.07, 6.45) is 5.28. The van der Waals surface area contributed by atoms with Gasteiger partial charge in [0.1, 0.15) is 4.99 Å². The van der Waals surface area contributed by atoms with Gasteiger partial charge in [-0.2, -0.15) is 11.1 Å². The molecule has 100 valence electrons. The third-order valence-electron chi connectivity index (χ3n) is 2.45. The van der Waals surface area contributed by atoms with Gasteiger partial charge in [0.05, 0.1) is 9.73 Å². The summed E-state index contributed by atoms with van der Waals surface area (Å²) in [5, 5.41) is 0. The molecule has 1 rings (SSSR count). The first kappa shape index (κ1) is 16.1. The van der Waals surface area contributed by atoms with Crippen LogP contribution in [0, 0.1) is 0 Å². The van der Waals surface area contributed by atoms with E-state index in [4.69, 9.17) is 48.9 Å². The number of thiocarbonyl (C=S) groups is 4. The van der Waals surface area contributed by atoms with Crippen molar-refractivity contribution in [2.24, 2.45) is 0 Å². The molecule has 0 aromatic heterocycles. The minimum absolute atomic E-state index is 0.378. The van der Waals surface area contributed by atoms with Gasteiger partial charge in [-0.15, -0.1) is 0 Å². The van der Waals surface area contributed by atoms with Crippen LogP contribution in [0.1, 0.15) is 32.1 Å². The zero-order valence-corrected chi connectivity index (χ0v) is 13.1. The van der Waals surface area contributed by atoms with Crippen LogP contribution < -0.4 is 21.9 Å². The Kier molecular flexibility index (Phi) is 8.07. The number of nitrogens with one attached hydrogen (secondary N) is 4. The van der Waals surface area contributed by atoms with Crippen LogP contribution in [0.2, 0.25) is 0 Å². The molecule has 0 bridgehead atoms. The van der Waals surface area contributed by atoms with E-state index in [0.717, 1.165) is 37.1 Å². The third kappa shape index (κ3) is 5.79. The van der Waals surface area contributed by atoms with Gasteiger partial charge in [-0.25, -0.2) is 5.43 Å². The normalized spacial score (nSPS) is 21.3. The van der Waals surface area contributed by atoms with Crippen molar-refractivity contribution in [3.63, 3.8) is 0 Å². The summed E-state index contributed by atoms with van der Waals surface area (Å²) >= 11 is 20.8. The summed E-state index contributed by atoms with van der Waals surface area (Å²) in [5.74, 6) is 0. The topological polar surface area (TPSA) is 48.1 Å². The Morgan fingerprint density at radius 3 is 2.28 bits per heavy atom. The highest BCUT2D eigenvalue weighted by Crippen LogP contribution is 2.06. The lowest BCUT2D eigenvalue weighted by atomic mass is 10.1. The molecule has 1 heterocycles. The van der Waals surface area contributed by atoms with E-state index in [0.29, 0.717) is 14.7 Å². The van der Waals surface area contributed by atoms with E-state index in [1.54, 1.807) is 0 Å². The molecule has 0 radical (unpaired) electrons. The fourth-order valence-electron chi connectivity index (χ4n) is 1.45. The van der Waals surface area contributed by atoms with Crippen LogP contribution in [0.3, 0.4) is 0 Å². The maximum atomic E-state index is 5.28. The predicted molar refractivity (Wildman–Crippen MR) is 90.9 cm³/mol. The summed E-state index contributed by atoms with van der Waals surface area (Å²) in [5.41, 5.74) is 11.3. The standard InChI is InChI=1S/C10H16N4S4/c15-7-5-3-1-2-4-6-11-13-14-12-10(18)9(17)8(7)16/h11,13-14H,1-6H2,(H,12,18). The molecule has 4 N–H and O–H groups in total. The SMILES string of the molecule is S=C1CCCCCCNNNNC(=S)C(=S)C1=S. The molecule has 1 fully saturated rings. The second-order valence-electron chi connectivity index (χ2n) is 3.88. The Bertz CT molecular complexity index is 322. The van der Waals surface area contributed by atoms with Gasteiger partial charge in [-0.3, -0.25) is 5.43 Å². The van der Waals surface area contributed by atoms with Gasteiger partial charge >= 0.3 is 0 Å².